The Morgan fingerprint density at radius 3 is 2.05 bits per heavy atom. The van der Waals surface area contributed by atoms with Gasteiger partial charge >= 0.3 is 0 Å². The van der Waals surface area contributed by atoms with Crippen LogP contribution in [0.1, 0.15) is 44.9 Å². The van der Waals surface area contributed by atoms with E-state index in [0.717, 1.165) is 35.4 Å². The fraction of sp³-hybridized carbons (Fsp3) is 1.00. The lowest BCUT2D eigenvalue weighted by Gasteiger charge is -2.57. The highest BCUT2D eigenvalue weighted by atomic mass is 16.5. The molecule has 0 aromatic carbocycles. The van der Waals surface area contributed by atoms with Gasteiger partial charge in [0.2, 0.25) is 0 Å². The first-order valence-electron chi connectivity index (χ1n) is 8.90. The van der Waals surface area contributed by atoms with Gasteiger partial charge in [0.1, 0.15) is 12.6 Å². The third-order valence-electron chi connectivity index (χ3n) is 6.01. The molecule has 4 rings (SSSR count). The number of hydrogen-bond donors (Lipinski definition) is 1. The summed E-state index contributed by atoms with van der Waals surface area (Å²) in [6, 6.07) is 0. The van der Waals surface area contributed by atoms with Gasteiger partial charge in [-0.25, -0.2) is 0 Å². The Labute approximate surface area is 130 Å². The minimum Gasteiger partial charge on any atom is -0.385 e. The van der Waals surface area contributed by atoms with Crippen LogP contribution in [0.5, 0.6) is 0 Å². The molecule has 1 atom stereocenters. The van der Waals surface area contributed by atoms with Crippen molar-refractivity contribution < 1.29 is 14.3 Å². The lowest BCUT2D eigenvalue weighted by atomic mass is 9.49. The van der Waals surface area contributed by atoms with E-state index >= 15 is 0 Å². The van der Waals surface area contributed by atoms with Crippen molar-refractivity contribution in [3.8, 4) is 0 Å². The quantitative estimate of drug-likeness (QED) is 0.578. The number of aliphatic hydroxyl groups is 1. The van der Waals surface area contributed by atoms with Crippen LogP contribution >= 0.6 is 0 Å². The van der Waals surface area contributed by atoms with Crippen molar-refractivity contribution in [2.45, 2.75) is 51.0 Å². The zero-order valence-electron chi connectivity index (χ0n) is 14.2. The Morgan fingerprint density at radius 2 is 1.57 bits per heavy atom. The maximum Gasteiger partial charge on any atom is 0.126 e. The lowest BCUT2D eigenvalue weighted by molar-refractivity contribution is -0.873. The topological polar surface area (TPSA) is 29.5 Å². The second-order valence-corrected chi connectivity index (χ2v) is 9.37. The number of likely N-dealkylation sites (N-methyl/N-ethyl adjacent to an activating group) is 1. The van der Waals surface area contributed by atoms with Crippen molar-refractivity contribution in [2.24, 2.45) is 23.2 Å². The minimum atomic E-state index is -0.332. The first-order valence-corrected chi connectivity index (χ1v) is 8.90. The van der Waals surface area contributed by atoms with Gasteiger partial charge in [-0.05, 0) is 68.1 Å². The number of aliphatic hydroxyl groups excluding tert-OH is 1. The molecule has 4 aliphatic rings. The fourth-order valence-corrected chi connectivity index (χ4v) is 5.79. The third-order valence-corrected chi connectivity index (χ3v) is 6.01. The van der Waals surface area contributed by atoms with Gasteiger partial charge in [0.05, 0.1) is 27.7 Å². The molecule has 0 aromatic heterocycles. The van der Waals surface area contributed by atoms with E-state index in [2.05, 4.69) is 21.1 Å². The molecular weight excluding hydrogens is 262 g/mol. The van der Waals surface area contributed by atoms with Gasteiger partial charge in [-0.3, -0.25) is 0 Å². The largest absolute Gasteiger partial charge is 0.385 e. The highest BCUT2D eigenvalue weighted by Gasteiger charge is 2.50. The highest BCUT2D eigenvalue weighted by Crippen LogP contribution is 2.61. The van der Waals surface area contributed by atoms with Crippen LogP contribution in [-0.4, -0.2) is 56.6 Å². The van der Waals surface area contributed by atoms with E-state index in [0.29, 0.717) is 12.0 Å². The monoisotopic (exact) mass is 296 g/mol. The summed E-state index contributed by atoms with van der Waals surface area (Å²) in [5.41, 5.74) is 0.611. The van der Waals surface area contributed by atoms with Gasteiger partial charge in [-0.2, -0.15) is 0 Å². The molecular formula is C18H34NO2+. The first kappa shape index (κ1) is 15.8. The Balaban J connectivity index is 1.40. The molecule has 4 aliphatic carbocycles. The van der Waals surface area contributed by atoms with Crippen LogP contribution in [-0.2, 0) is 4.74 Å². The minimum absolute atomic E-state index is 0.332. The van der Waals surface area contributed by atoms with Crippen LogP contribution in [0.2, 0.25) is 0 Å². The average molecular weight is 296 g/mol. The number of hydrogen-bond acceptors (Lipinski definition) is 2. The number of rotatable bonds is 7. The lowest BCUT2D eigenvalue weighted by Crippen LogP contribution is -2.46. The zero-order valence-corrected chi connectivity index (χ0v) is 14.2. The normalized spacial score (nSPS) is 39.7. The summed E-state index contributed by atoms with van der Waals surface area (Å²) < 4.78 is 6.61. The first-order chi connectivity index (χ1) is 9.84. The Morgan fingerprint density at radius 1 is 1.05 bits per heavy atom. The van der Waals surface area contributed by atoms with Gasteiger partial charge in [0.25, 0.3) is 0 Å². The molecule has 4 bridgehead atoms. The highest BCUT2D eigenvalue weighted by molar-refractivity contribution is 5.01. The van der Waals surface area contributed by atoms with Gasteiger partial charge in [-0.15, -0.1) is 0 Å². The molecule has 0 spiro atoms. The predicted octanol–water partition coefficient (Wildman–Crippen LogP) is 2.68. The Hall–Kier alpha value is -0.120. The van der Waals surface area contributed by atoms with E-state index in [4.69, 9.17) is 4.74 Å². The van der Waals surface area contributed by atoms with Crippen LogP contribution in [0, 0.1) is 23.2 Å². The number of quaternary nitrogens is 1. The van der Waals surface area contributed by atoms with Crippen LogP contribution in [0.3, 0.4) is 0 Å². The third kappa shape index (κ3) is 4.00. The maximum atomic E-state index is 10.0. The zero-order chi connectivity index (χ0) is 15.1. The van der Waals surface area contributed by atoms with Gasteiger partial charge in [-0.1, -0.05) is 0 Å². The van der Waals surface area contributed by atoms with Crippen LogP contribution in [0.15, 0.2) is 0 Å². The van der Waals surface area contributed by atoms with Gasteiger partial charge in [0, 0.05) is 6.61 Å². The summed E-state index contributed by atoms with van der Waals surface area (Å²) in [5, 5.41) is 10.0. The molecule has 3 heteroatoms. The van der Waals surface area contributed by atoms with E-state index in [1.807, 2.05) is 0 Å². The van der Waals surface area contributed by atoms with E-state index < -0.39 is 0 Å². The second kappa shape index (κ2) is 5.82. The van der Waals surface area contributed by atoms with Crippen LogP contribution in [0.4, 0.5) is 0 Å². The summed E-state index contributed by atoms with van der Waals surface area (Å²) in [6.45, 7) is 2.11. The van der Waals surface area contributed by atoms with E-state index in [1.54, 1.807) is 0 Å². The molecule has 122 valence electrons. The molecule has 1 N–H and O–H groups in total. The fourth-order valence-electron chi connectivity index (χ4n) is 5.79. The molecule has 3 nitrogen and oxygen atoms in total. The van der Waals surface area contributed by atoms with Gasteiger partial charge < -0.3 is 14.3 Å². The van der Waals surface area contributed by atoms with Crippen LogP contribution in [0.25, 0.3) is 0 Å². The summed E-state index contributed by atoms with van der Waals surface area (Å²) in [5.74, 6) is 3.08. The molecule has 0 heterocycles. The van der Waals surface area contributed by atoms with E-state index in [1.165, 1.54) is 44.9 Å². The molecule has 0 radical (unpaired) electrons. The molecule has 21 heavy (non-hydrogen) atoms. The number of ether oxygens (including phenoxy) is 1. The van der Waals surface area contributed by atoms with E-state index in [-0.39, 0.29) is 6.10 Å². The molecule has 0 aliphatic heterocycles. The molecule has 4 fully saturated rings. The van der Waals surface area contributed by atoms with Gasteiger partial charge in [0.15, 0.2) is 0 Å². The van der Waals surface area contributed by atoms with Crippen molar-refractivity contribution in [2.75, 3.05) is 40.9 Å². The van der Waals surface area contributed by atoms with Crippen molar-refractivity contribution in [3.05, 3.63) is 0 Å². The number of nitrogens with zero attached hydrogens (tertiary/aromatic N) is 1. The Bertz CT molecular complexity index is 325. The second-order valence-electron chi connectivity index (χ2n) is 9.37. The molecule has 1 unspecified atom stereocenters. The molecule has 0 amide bonds. The Kier molecular flexibility index (Phi) is 4.37. The summed E-state index contributed by atoms with van der Waals surface area (Å²) >= 11 is 0. The van der Waals surface area contributed by atoms with Crippen molar-refractivity contribution in [1.82, 2.24) is 0 Å². The van der Waals surface area contributed by atoms with Crippen LogP contribution < -0.4 is 0 Å². The summed E-state index contributed by atoms with van der Waals surface area (Å²) in [7, 11) is 6.33. The summed E-state index contributed by atoms with van der Waals surface area (Å²) in [6.07, 6.45) is 9.83. The standard InChI is InChI=1S/C18H34NO2/c1-19(2,3)12-17(20)13-21-5-4-18-9-14-6-15(10-18)8-16(7-14)11-18/h14-17,20H,4-13H2,1-3H3/q+1. The smallest absolute Gasteiger partial charge is 0.126 e. The summed E-state index contributed by atoms with van der Waals surface area (Å²) in [4.78, 5) is 0. The van der Waals surface area contributed by atoms with Crippen molar-refractivity contribution in [1.29, 1.82) is 0 Å². The van der Waals surface area contributed by atoms with Crippen molar-refractivity contribution >= 4 is 0 Å². The molecule has 0 aromatic rings. The predicted molar refractivity (Wildman–Crippen MR) is 84.9 cm³/mol. The van der Waals surface area contributed by atoms with Crippen molar-refractivity contribution in [3.63, 3.8) is 0 Å². The molecule has 0 saturated heterocycles. The SMILES string of the molecule is C[N+](C)(C)CC(O)COCCC12CC3CC(CC(C3)C1)C2. The average Bonchev–Trinajstić information content (AvgIpc) is 2.31. The molecule has 4 saturated carbocycles. The van der Waals surface area contributed by atoms with E-state index in [9.17, 15) is 5.11 Å². The maximum absolute atomic E-state index is 10.0.